The van der Waals surface area contributed by atoms with Crippen molar-refractivity contribution in [2.75, 3.05) is 0 Å². The maximum atomic E-state index is 12.3. The highest BCUT2D eigenvalue weighted by Crippen LogP contribution is 2.21. The summed E-state index contributed by atoms with van der Waals surface area (Å²) < 4.78 is 27.3. The Labute approximate surface area is 123 Å². The van der Waals surface area contributed by atoms with Crippen LogP contribution in [0.25, 0.3) is 0 Å². The molecule has 0 aliphatic rings. The van der Waals surface area contributed by atoms with E-state index in [2.05, 4.69) is 23.9 Å². The molecule has 0 spiro atoms. The average molecular weight is 298 g/mol. The number of sulfonamides is 1. The van der Waals surface area contributed by atoms with Gasteiger partial charge in [0.25, 0.3) is 0 Å². The van der Waals surface area contributed by atoms with Crippen LogP contribution in [0.2, 0.25) is 0 Å². The molecule has 0 bridgehead atoms. The third-order valence-corrected chi connectivity index (χ3v) is 4.82. The number of nitrogens with one attached hydrogen (secondary N) is 2. The van der Waals surface area contributed by atoms with Gasteiger partial charge in [0.15, 0.2) is 0 Å². The predicted molar refractivity (Wildman–Crippen MR) is 83.3 cm³/mol. The van der Waals surface area contributed by atoms with Gasteiger partial charge in [0.2, 0.25) is 10.0 Å². The van der Waals surface area contributed by atoms with Gasteiger partial charge in [0.05, 0.1) is 4.90 Å². The van der Waals surface area contributed by atoms with Crippen molar-refractivity contribution in [3.63, 3.8) is 0 Å². The summed E-state index contributed by atoms with van der Waals surface area (Å²) >= 11 is 0. The highest BCUT2D eigenvalue weighted by Gasteiger charge is 2.19. The Morgan fingerprint density at radius 1 is 1.00 bits per heavy atom. The Bertz CT molecular complexity index is 563. The Balaban J connectivity index is 3.17. The van der Waals surface area contributed by atoms with E-state index < -0.39 is 10.0 Å². The largest absolute Gasteiger partial charge is 0.310 e. The third kappa shape index (κ3) is 4.58. The molecule has 1 rings (SSSR count). The van der Waals surface area contributed by atoms with Crippen molar-refractivity contribution in [2.45, 2.75) is 65.1 Å². The van der Waals surface area contributed by atoms with Crippen LogP contribution in [0.3, 0.4) is 0 Å². The van der Waals surface area contributed by atoms with E-state index in [9.17, 15) is 8.42 Å². The van der Waals surface area contributed by atoms with E-state index in [1.165, 1.54) is 0 Å². The van der Waals surface area contributed by atoms with Gasteiger partial charge >= 0.3 is 0 Å². The highest BCUT2D eigenvalue weighted by molar-refractivity contribution is 7.89. The van der Waals surface area contributed by atoms with Gasteiger partial charge in [-0.1, -0.05) is 19.9 Å². The van der Waals surface area contributed by atoms with Gasteiger partial charge in [0.1, 0.15) is 0 Å². The van der Waals surface area contributed by atoms with Crippen LogP contribution < -0.4 is 10.0 Å². The maximum Gasteiger partial charge on any atom is 0.241 e. The van der Waals surface area contributed by atoms with Crippen molar-refractivity contribution >= 4 is 10.0 Å². The molecule has 4 nitrogen and oxygen atoms in total. The first-order valence-corrected chi connectivity index (χ1v) is 8.47. The van der Waals surface area contributed by atoms with Crippen LogP contribution in [0.1, 0.15) is 44.4 Å². The van der Waals surface area contributed by atoms with Crippen LogP contribution in [0.15, 0.2) is 17.0 Å². The fraction of sp³-hybridized carbons (Fsp3) is 0.600. The molecule has 2 N–H and O–H groups in total. The molecule has 0 aliphatic carbocycles. The summed E-state index contributed by atoms with van der Waals surface area (Å²) in [5.41, 5.74) is 2.91. The summed E-state index contributed by atoms with van der Waals surface area (Å²) in [6.45, 7) is 12.3. The number of rotatable bonds is 6. The van der Waals surface area contributed by atoms with Gasteiger partial charge in [0, 0.05) is 18.6 Å². The zero-order valence-electron chi connectivity index (χ0n) is 13.2. The fourth-order valence-corrected chi connectivity index (χ4v) is 3.57. The first kappa shape index (κ1) is 17.1. The van der Waals surface area contributed by atoms with Gasteiger partial charge in [-0.05, 0) is 50.5 Å². The van der Waals surface area contributed by atoms with Crippen LogP contribution in [-0.4, -0.2) is 20.5 Å². The molecule has 0 atom stereocenters. The van der Waals surface area contributed by atoms with E-state index >= 15 is 0 Å². The van der Waals surface area contributed by atoms with E-state index in [-0.39, 0.29) is 6.04 Å². The van der Waals surface area contributed by atoms with Gasteiger partial charge in [-0.25, -0.2) is 13.1 Å². The van der Waals surface area contributed by atoms with Crippen LogP contribution in [0.4, 0.5) is 0 Å². The highest BCUT2D eigenvalue weighted by atomic mass is 32.2. The minimum absolute atomic E-state index is 0.113. The lowest BCUT2D eigenvalue weighted by atomic mass is 10.1. The first-order chi connectivity index (χ1) is 9.13. The molecule has 0 radical (unpaired) electrons. The van der Waals surface area contributed by atoms with Crippen LogP contribution in [0, 0.1) is 13.8 Å². The summed E-state index contributed by atoms with van der Waals surface area (Å²) in [5.74, 6) is 0. The van der Waals surface area contributed by atoms with Crippen molar-refractivity contribution in [3.8, 4) is 0 Å². The molecule has 0 aromatic heterocycles. The standard InChI is InChI=1S/C15H26N2O2S/c1-10(2)16-9-14-8-15(13(6)7-12(14)5)20(18,19)17-11(3)4/h7-8,10-11,16-17H,9H2,1-6H3. The van der Waals surface area contributed by atoms with Crippen molar-refractivity contribution in [3.05, 3.63) is 28.8 Å². The van der Waals surface area contributed by atoms with E-state index in [4.69, 9.17) is 0 Å². The lowest BCUT2D eigenvalue weighted by Crippen LogP contribution is -2.31. The minimum atomic E-state index is -3.45. The van der Waals surface area contributed by atoms with E-state index in [1.807, 2.05) is 33.8 Å². The molecular formula is C15H26N2O2S. The second kappa shape index (κ2) is 6.70. The summed E-state index contributed by atoms with van der Waals surface area (Å²) in [6.07, 6.45) is 0. The van der Waals surface area contributed by atoms with E-state index in [0.29, 0.717) is 17.5 Å². The second-order valence-electron chi connectivity index (χ2n) is 5.86. The van der Waals surface area contributed by atoms with Gasteiger partial charge in [-0.3, -0.25) is 0 Å². The fourth-order valence-electron chi connectivity index (χ4n) is 2.04. The summed E-state index contributed by atoms with van der Waals surface area (Å²) in [6, 6.07) is 3.97. The zero-order valence-corrected chi connectivity index (χ0v) is 14.1. The molecule has 0 fully saturated rings. The Hall–Kier alpha value is -0.910. The predicted octanol–water partition coefficient (Wildman–Crippen LogP) is 2.49. The molecule has 0 saturated carbocycles. The normalized spacial score (nSPS) is 12.4. The molecule has 0 amide bonds. The Kier molecular flexibility index (Phi) is 5.74. The number of benzene rings is 1. The Morgan fingerprint density at radius 2 is 1.60 bits per heavy atom. The van der Waals surface area contributed by atoms with Gasteiger partial charge in [-0.15, -0.1) is 0 Å². The second-order valence-corrected chi connectivity index (χ2v) is 7.54. The first-order valence-electron chi connectivity index (χ1n) is 6.99. The minimum Gasteiger partial charge on any atom is -0.310 e. The molecule has 5 heteroatoms. The van der Waals surface area contributed by atoms with Crippen molar-refractivity contribution in [1.29, 1.82) is 0 Å². The SMILES string of the molecule is Cc1cc(C)c(S(=O)(=O)NC(C)C)cc1CNC(C)C. The monoisotopic (exact) mass is 298 g/mol. The molecule has 114 valence electrons. The molecule has 20 heavy (non-hydrogen) atoms. The topological polar surface area (TPSA) is 58.2 Å². The average Bonchev–Trinajstić information content (AvgIpc) is 2.25. The zero-order chi connectivity index (χ0) is 15.5. The molecule has 0 heterocycles. The summed E-state index contributed by atoms with van der Waals surface area (Å²) in [7, 11) is -3.45. The van der Waals surface area contributed by atoms with Crippen molar-refractivity contribution < 1.29 is 8.42 Å². The van der Waals surface area contributed by atoms with Crippen molar-refractivity contribution in [2.24, 2.45) is 0 Å². The van der Waals surface area contributed by atoms with Gasteiger partial charge < -0.3 is 5.32 Å². The smallest absolute Gasteiger partial charge is 0.241 e. The maximum absolute atomic E-state index is 12.3. The number of aryl methyl sites for hydroxylation is 2. The van der Waals surface area contributed by atoms with Crippen molar-refractivity contribution in [1.82, 2.24) is 10.0 Å². The number of hydrogen-bond donors (Lipinski definition) is 2. The molecule has 1 aromatic carbocycles. The molecular weight excluding hydrogens is 272 g/mol. The third-order valence-electron chi connectivity index (χ3n) is 3.01. The molecule has 1 aromatic rings. The van der Waals surface area contributed by atoms with Crippen LogP contribution in [-0.2, 0) is 16.6 Å². The Morgan fingerprint density at radius 3 is 2.10 bits per heavy atom. The summed E-state index contributed by atoms with van der Waals surface area (Å²) in [5, 5.41) is 3.33. The number of hydrogen-bond acceptors (Lipinski definition) is 3. The quantitative estimate of drug-likeness (QED) is 0.848. The molecule has 0 unspecified atom stereocenters. The lowest BCUT2D eigenvalue weighted by molar-refractivity contribution is 0.568. The van der Waals surface area contributed by atoms with Gasteiger partial charge in [-0.2, -0.15) is 0 Å². The summed E-state index contributed by atoms with van der Waals surface area (Å²) in [4.78, 5) is 0.373. The van der Waals surface area contributed by atoms with E-state index in [0.717, 1.165) is 16.7 Å². The van der Waals surface area contributed by atoms with Crippen LogP contribution >= 0.6 is 0 Å². The van der Waals surface area contributed by atoms with Crippen LogP contribution in [0.5, 0.6) is 0 Å². The van der Waals surface area contributed by atoms with E-state index in [1.54, 1.807) is 6.07 Å². The molecule has 0 saturated heterocycles. The lowest BCUT2D eigenvalue weighted by Gasteiger charge is -2.16. The molecule has 0 aliphatic heterocycles.